The number of rotatable bonds is 5. The summed E-state index contributed by atoms with van der Waals surface area (Å²) in [6.45, 7) is 5.70. The van der Waals surface area contributed by atoms with Crippen molar-refractivity contribution in [2.45, 2.75) is 17.3 Å². The quantitative estimate of drug-likeness (QED) is 0.692. The largest absolute Gasteiger partial charge is 0.446 e. The Balaban J connectivity index is 0.00000288. The number of anilines is 1. The standard InChI is InChI=1S/C15H19F3N2OS2.ClH/c1-12(21)22-10-9-19-5-7-20(8-6-19)13-3-2-4-14(11-13)23-15(16,17)18;/h2-4,11H,5-10H2,1H3;1H. The number of benzene rings is 1. The lowest BCUT2D eigenvalue weighted by molar-refractivity contribution is -0.109. The molecule has 1 heterocycles. The van der Waals surface area contributed by atoms with Crippen molar-refractivity contribution >= 4 is 46.7 Å². The van der Waals surface area contributed by atoms with Gasteiger partial charge in [-0.15, -0.1) is 12.4 Å². The molecule has 1 aromatic carbocycles. The van der Waals surface area contributed by atoms with Crippen LogP contribution < -0.4 is 4.90 Å². The summed E-state index contributed by atoms with van der Waals surface area (Å²) in [4.78, 5) is 15.5. The third kappa shape index (κ3) is 7.55. The maximum atomic E-state index is 12.5. The number of carbonyl (C=O) groups excluding carboxylic acids is 1. The average Bonchev–Trinajstić information content (AvgIpc) is 2.46. The Labute approximate surface area is 154 Å². The SMILES string of the molecule is CC(=O)SCCN1CCN(c2cccc(SC(F)(F)F)c2)CC1.Cl. The van der Waals surface area contributed by atoms with Gasteiger partial charge in [0.1, 0.15) is 0 Å². The topological polar surface area (TPSA) is 23.6 Å². The summed E-state index contributed by atoms with van der Waals surface area (Å²) in [7, 11) is 0. The van der Waals surface area contributed by atoms with Gasteiger partial charge in [0.25, 0.3) is 0 Å². The third-order valence-corrected chi connectivity index (χ3v) is 5.02. The third-order valence-electron chi connectivity index (χ3n) is 3.50. The maximum Gasteiger partial charge on any atom is 0.446 e. The molecule has 0 unspecified atom stereocenters. The molecule has 136 valence electrons. The van der Waals surface area contributed by atoms with Gasteiger partial charge in [-0.2, -0.15) is 13.2 Å². The normalized spacial score (nSPS) is 15.9. The van der Waals surface area contributed by atoms with E-state index in [0.29, 0.717) is 0 Å². The van der Waals surface area contributed by atoms with Gasteiger partial charge >= 0.3 is 5.51 Å². The zero-order valence-electron chi connectivity index (χ0n) is 13.2. The molecule has 24 heavy (non-hydrogen) atoms. The van der Waals surface area contributed by atoms with Gasteiger partial charge in [-0.3, -0.25) is 9.69 Å². The molecule has 0 amide bonds. The molecule has 0 atom stereocenters. The fourth-order valence-corrected chi connectivity index (χ4v) is 3.66. The van der Waals surface area contributed by atoms with Crippen LogP contribution in [0.4, 0.5) is 18.9 Å². The fraction of sp³-hybridized carbons (Fsp3) is 0.533. The predicted molar refractivity (Wildman–Crippen MR) is 97.4 cm³/mol. The van der Waals surface area contributed by atoms with Crippen LogP contribution in [-0.2, 0) is 4.79 Å². The minimum Gasteiger partial charge on any atom is -0.369 e. The maximum absolute atomic E-state index is 12.5. The molecule has 9 heteroatoms. The van der Waals surface area contributed by atoms with E-state index in [0.717, 1.165) is 44.2 Å². The average molecular weight is 401 g/mol. The van der Waals surface area contributed by atoms with Crippen molar-refractivity contribution in [2.75, 3.05) is 43.4 Å². The van der Waals surface area contributed by atoms with E-state index in [9.17, 15) is 18.0 Å². The highest BCUT2D eigenvalue weighted by Crippen LogP contribution is 2.38. The van der Waals surface area contributed by atoms with Crippen molar-refractivity contribution < 1.29 is 18.0 Å². The Kier molecular flexibility index (Phi) is 8.76. The van der Waals surface area contributed by atoms with Crippen LogP contribution in [0.3, 0.4) is 0 Å². The van der Waals surface area contributed by atoms with Crippen LogP contribution >= 0.6 is 35.9 Å². The molecule has 0 N–H and O–H groups in total. The molecule has 0 saturated carbocycles. The van der Waals surface area contributed by atoms with Crippen molar-refractivity contribution in [1.82, 2.24) is 4.90 Å². The second-order valence-corrected chi connectivity index (χ2v) is 7.62. The van der Waals surface area contributed by atoms with Crippen molar-refractivity contribution in [1.29, 1.82) is 0 Å². The van der Waals surface area contributed by atoms with E-state index >= 15 is 0 Å². The van der Waals surface area contributed by atoms with Crippen LogP contribution in [-0.4, -0.2) is 54.0 Å². The van der Waals surface area contributed by atoms with E-state index in [4.69, 9.17) is 0 Å². The van der Waals surface area contributed by atoms with E-state index in [1.165, 1.54) is 17.8 Å². The van der Waals surface area contributed by atoms with Crippen molar-refractivity contribution in [3.05, 3.63) is 24.3 Å². The molecule has 2 rings (SSSR count). The van der Waals surface area contributed by atoms with Crippen molar-refractivity contribution in [3.63, 3.8) is 0 Å². The monoisotopic (exact) mass is 400 g/mol. The van der Waals surface area contributed by atoms with E-state index in [1.54, 1.807) is 19.1 Å². The van der Waals surface area contributed by atoms with Crippen LogP contribution in [0.25, 0.3) is 0 Å². The van der Waals surface area contributed by atoms with Gasteiger partial charge < -0.3 is 4.90 Å². The zero-order valence-corrected chi connectivity index (χ0v) is 15.7. The Morgan fingerprint density at radius 1 is 1.21 bits per heavy atom. The predicted octanol–water partition coefficient (Wildman–Crippen LogP) is 4.12. The summed E-state index contributed by atoms with van der Waals surface area (Å²) in [5.41, 5.74) is -3.43. The summed E-state index contributed by atoms with van der Waals surface area (Å²) < 4.78 is 37.4. The van der Waals surface area contributed by atoms with Crippen molar-refractivity contribution in [3.8, 4) is 0 Å². The van der Waals surface area contributed by atoms with E-state index in [1.807, 2.05) is 6.07 Å². The minimum atomic E-state index is -4.26. The fourth-order valence-electron chi connectivity index (χ4n) is 2.43. The summed E-state index contributed by atoms with van der Waals surface area (Å²) in [6.07, 6.45) is 0. The second-order valence-electron chi connectivity index (χ2n) is 5.21. The first-order chi connectivity index (χ1) is 10.8. The smallest absolute Gasteiger partial charge is 0.369 e. The van der Waals surface area contributed by atoms with E-state index in [2.05, 4.69) is 9.80 Å². The number of halogens is 4. The lowest BCUT2D eigenvalue weighted by Crippen LogP contribution is -2.47. The molecular formula is C15H20ClF3N2OS2. The second kappa shape index (κ2) is 9.79. The Hall–Kier alpha value is -0.570. The number of alkyl halides is 3. The zero-order chi connectivity index (χ0) is 16.9. The van der Waals surface area contributed by atoms with Gasteiger partial charge in [-0.1, -0.05) is 17.8 Å². The van der Waals surface area contributed by atoms with Gasteiger partial charge in [0, 0.05) is 56.0 Å². The Morgan fingerprint density at radius 3 is 2.46 bits per heavy atom. The highest BCUT2D eigenvalue weighted by atomic mass is 35.5. The lowest BCUT2D eigenvalue weighted by atomic mass is 10.2. The van der Waals surface area contributed by atoms with Crippen LogP contribution in [0.15, 0.2) is 29.2 Å². The van der Waals surface area contributed by atoms with Crippen molar-refractivity contribution in [2.24, 2.45) is 0 Å². The van der Waals surface area contributed by atoms with Crippen LogP contribution in [0, 0.1) is 0 Å². The van der Waals surface area contributed by atoms with Crippen LogP contribution in [0.1, 0.15) is 6.92 Å². The molecule has 1 aliphatic heterocycles. The van der Waals surface area contributed by atoms with Gasteiger partial charge in [0.15, 0.2) is 5.12 Å². The molecule has 3 nitrogen and oxygen atoms in total. The first-order valence-electron chi connectivity index (χ1n) is 7.30. The van der Waals surface area contributed by atoms with E-state index < -0.39 is 5.51 Å². The number of piperazine rings is 1. The molecule has 0 aromatic heterocycles. The summed E-state index contributed by atoms with van der Waals surface area (Å²) in [5.74, 6) is 0.785. The number of thioether (sulfide) groups is 2. The summed E-state index contributed by atoms with van der Waals surface area (Å²) in [5, 5.41) is 0.127. The number of carbonyl (C=O) groups is 1. The molecule has 1 aliphatic rings. The highest BCUT2D eigenvalue weighted by Gasteiger charge is 2.29. The first kappa shape index (κ1) is 21.5. The van der Waals surface area contributed by atoms with Gasteiger partial charge in [-0.25, -0.2) is 0 Å². The lowest BCUT2D eigenvalue weighted by Gasteiger charge is -2.36. The minimum absolute atomic E-state index is 0. The highest BCUT2D eigenvalue weighted by molar-refractivity contribution is 8.13. The van der Waals surface area contributed by atoms with E-state index in [-0.39, 0.29) is 34.2 Å². The molecule has 0 radical (unpaired) electrons. The summed E-state index contributed by atoms with van der Waals surface area (Å²) in [6, 6.07) is 6.59. The number of nitrogens with zero attached hydrogens (tertiary/aromatic N) is 2. The Morgan fingerprint density at radius 2 is 1.88 bits per heavy atom. The molecule has 1 aromatic rings. The molecule has 1 fully saturated rings. The number of hydrogen-bond acceptors (Lipinski definition) is 5. The number of hydrogen-bond donors (Lipinski definition) is 0. The Bertz CT molecular complexity index is 538. The van der Waals surface area contributed by atoms with Crippen LogP contribution in [0.2, 0.25) is 0 Å². The van der Waals surface area contributed by atoms with Gasteiger partial charge in [0.05, 0.1) is 0 Å². The van der Waals surface area contributed by atoms with Gasteiger partial charge in [0.2, 0.25) is 0 Å². The molecular weight excluding hydrogens is 381 g/mol. The summed E-state index contributed by atoms with van der Waals surface area (Å²) >= 11 is 1.25. The molecule has 0 aliphatic carbocycles. The van der Waals surface area contributed by atoms with Gasteiger partial charge in [-0.05, 0) is 30.0 Å². The molecule has 1 saturated heterocycles. The molecule has 0 bridgehead atoms. The first-order valence-corrected chi connectivity index (χ1v) is 9.10. The molecule has 0 spiro atoms. The van der Waals surface area contributed by atoms with Crippen LogP contribution in [0.5, 0.6) is 0 Å².